The third kappa shape index (κ3) is 5.50. The van der Waals surface area contributed by atoms with E-state index >= 15 is 0 Å². The Balaban J connectivity index is 1.23. The molecule has 0 unspecified atom stereocenters. The molecule has 6 heteroatoms. The van der Waals surface area contributed by atoms with Gasteiger partial charge in [-0.05, 0) is 80.1 Å². The second-order valence-corrected chi connectivity index (χ2v) is 11.4. The summed E-state index contributed by atoms with van der Waals surface area (Å²) in [7, 11) is 0. The highest BCUT2D eigenvalue weighted by molar-refractivity contribution is 5.95. The molecule has 0 aliphatic carbocycles. The fourth-order valence-corrected chi connectivity index (χ4v) is 6.31. The van der Waals surface area contributed by atoms with Gasteiger partial charge in [0.05, 0.1) is 33.8 Å². The summed E-state index contributed by atoms with van der Waals surface area (Å²) < 4.78 is 4.35. The van der Waals surface area contributed by atoms with E-state index in [-0.39, 0.29) is 0 Å². The van der Waals surface area contributed by atoms with Crippen LogP contribution in [0, 0.1) is 6.92 Å². The molecule has 0 aliphatic heterocycles. The van der Waals surface area contributed by atoms with Crippen LogP contribution in [-0.4, -0.2) is 19.1 Å². The minimum atomic E-state index is 0.719. The number of nitrogens with zero attached hydrogens (tertiary/aromatic N) is 4. The molecule has 6 nitrogen and oxygen atoms in total. The number of pyridine rings is 2. The molecular weight excluding hydrogens is 589 g/mol. The number of fused-ring (bicyclic) bond motifs is 2. The normalized spacial score (nSPS) is 11.5. The molecular formula is C42H36N6. The Bertz CT molecular complexity index is 2370. The summed E-state index contributed by atoms with van der Waals surface area (Å²) in [5, 5.41) is 9.45. The highest BCUT2D eigenvalue weighted by Crippen LogP contribution is 2.34. The molecule has 0 fully saturated rings. The van der Waals surface area contributed by atoms with Crippen LogP contribution in [0.2, 0.25) is 0 Å². The van der Waals surface area contributed by atoms with Gasteiger partial charge in [-0.15, -0.1) is 0 Å². The SMILES string of the molecule is C=C/C=C\c1c(C)c2ccccc2n1-c1cccc(Nc2ccccc2Nc2cccc(-n3c(C=C)c(/C=C\C)c4ccccc43)n2)n1. The zero-order valence-corrected chi connectivity index (χ0v) is 27.1. The van der Waals surface area contributed by atoms with E-state index in [1.54, 1.807) is 6.08 Å². The maximum atomic E-state index is 5.07. The summed E-state index contributed by atoms with van der Waals surface area (Å²) in [6, 6.07) is 36.9. The standard InChI is InChI=1S/C42H36N6/c1-5-8-22-36-29(4)30-18-9-13-23-37(30)48(36)42-28-16-26-40(46-42)44-34-21-12-11-20-33(34)43-39-25-15-27-41(45-39)47-35(7-3)31(17-6-2)32-19-10-14-24-38(32)47/h5-28H,1,3H2,2,4H3,(H,43,45)(H,44,46)/b17-6-,22-8-. The van der Waals surface area contributed by atoms with Crippen molar-refractivity contribution in [3.8, 4) is 11.6 Å². The van der Waals surface area contributed by atoms with Gasteiger partial charge >= 0.3 is 0 Å². The van der Waals surface area contributed by atoms with E-state index in [2.05, 4.69) is 107 Å². The lowest BCUT2D eigenvalue weighted by molar-refractivity contribution is 1.03. The first kappa shape index (κ1) is 30.3. The van der Waals surface area contributed by atoms with Crippen LogP contribution in [-0.2, 0) is 0 Å². The Hall–Kier alpha value is -6.40. The summed E-state index contributed by atoms with van der Waals surface area (Å²) in [4.78, 5) is 10.1. The molecule has 7 aromatic rings. The molecule has 0 radical (unpaired) electrons. The number of aryl methyl sites for hydroxylation is 1. The monoisotopic (exact) mass is 624 g/mol. The van der Waals surface area contributed by atoms with Gasteiger partial charge in [0.1, 0.15) is 23.3 Å². The zero-order chi connectivity index (χ0) is 33.0. The van der Waals surface area contributed by atoms with Crippen LogP contribution in [0.15, 0.2) is 141 Å². The molecule has 0 amide bonds. The van der Waals surface area contributed by atoms with Gasteiger partial charge in [0.2, 0.25) is 0 Å². The largest absolute Gasteiger partial charge is 0.338 e. The molecule has 0 saturated carbocycles. The van der Waals surface area contributed by atoms with Crippen LogP contribution >= 0.6 is 0 Å². The van der Waals surface area contributed by atoms with Crippen molar-refractivity contribution in [1.82, 2.24) is 19.1 Å². The molecule has 48 heavy (non-hydrogen) atoms. The average molecular weight is 625 g/mol. The Morgan fingerprint density at radius 3 is 1.73 bits per heavy atom. The molecule has 0 spiro atoms. The second kappa shape index (κ2) is 13.1. The van der Waals surface area contributed by atoms with E-state index in [1.807, 2.05) is 79.7 Å². The van der Waals surface area contributed by atoms with Crippen molar-refractivity contribution in [1.29, 1.82) is 0 Å². The van der Waals surface area contributed by atoms with E-state index in [4.69, 9.17) is 9.97 Å². The van der Waals surface area contributed by atoms with Crippen molar-refractivity contribution < 1.29 is 0 Å². The number of anilines is 4. The van der Waals surface area contributed by atoms with Crippen LogP contribution in [0.3, 0.4) is 0 Å². The zero-order valence-electron chi connectivity index (χ0n) is 27.1. The smallest absolute Gasteiger partial charge is 0.140 e. The molecule has 0 atom stereocenters. The number of aromatic nitrogens is 4. The maximum absolute atomic E-state index is 5.07. The quantitative estimate of drug-likeness (QED) is 0.149. The number of rotatable bonds is 10. The van der Waals surface area contributed by atoms with E-state index in [9.17, 15) is 0 Å². The molecule has 7 rings (SSSR count). The fourth-order valence-electron chi connectivity index (χ4n) is 6.31. The van der Waals surface area contributed by atoms with Gasteiger partial charge in [0, 0.05) is 16.3 Å². The minimum absolute atomic E-state index is 0.719. The molecule has 2 N–H and O–H groups in total. The minimum Gasteiger partial charge on any atom is -0.338 e. The molecule has 4 aromatic heterocycles. The lowest BCUT2D eigenvalue weighted by Crippen LogP contribution is -2.05. The van der Waals surface area contributed by atoms with Gasteiger partial charge in [0.25, 0.3) is 0 Å². The van der Waals surface area contributed by atoms with Crippen molar-refractivity contribution in [2.24, 2.45) is 0 Å². The Morgan fingerprint density at radius 2 is 1.15 bits per heavy atom. The third-order valence-electron chi connectivity index (χ3n) is 8.42. The van der Waals surface area contributed by atoms with Crippen molar-refractivity contribution >= 4 is 63.0 Å². The second-order valence-electron chi connectivity index (χ2n) is 11.4. The number of nitrogens with one attached hydrogen (secondary N) is 2. The average Bonchev–Trinajstić information content (AvgIpc) is 3.59. The van der Waals surface area contributed by atoms with E-state index in [0.29, 0.717) is 0 Å². The first-order chi connectivity index (χ1) is 23.6. The highest BCUT2D eigenvalue weighted by Gasteiger charge is 2.17. The summed E-state index contributed by atoms with van der Waals surface area (Å²) >= 11 is 0. The van der Waals surface area contributed by atoms with Crippen LogP contribution in [0.25, 0.3) is 51.7 Å². The van der Waals surface area contributed by atoms with E-state index in [0.717, 1.165) is 68.0 Å². The number of hydrogen-bond donors (Lipinski definition) is 2. The van der Waals surface area contributed by atoms with Gasteiger partial charge in [-0.3, -0.25) is 9.13 Å². The summed E-state index contributed by atoms with van der Waals surface area (Å²) in [6.45, 7) is 12.2. The fraction of sp³-hybridized carbons (Fsp3) is 0.0476. The Kier molecular flexibility index (Phi) is 8.29. The van der Waals surface area contributed by atoms with Crippen molar-refractivity contribution in [3.05, 3.63) is 163 Å². The molecule has 0 bridgehead atoms. The van der Waals surface area contributed by atoms with Gasteiger partial charge in [0.15, 0.2) is 0 Å². The van der Waals surface area contributed by atoms with Crippen LogP contribution < -0.4 is 10.6 Å². The van der Waals surface area contributed by atoms with Crippen molar-refractivity contribution in [2.75, 3.05) is 10.6 Å². The topological polar surface area (TPSA) is 59.7 Å². The third-order valence-corrected chi connectivity index (χ3v) is 8.42. The molecule has 234 valence electrons. The maximum Gasteiger partial charge on any atom is 0.140 e. The van der Waals surface area contributed by atoms with Gasteiger partial charge in [-0.2, -0.15) is 0 Å². The first-order valence-corrected chi connectivity index (χ1v) is 16.0. The Morgan fingerprint density at radius 1 is 0.604 bits per heavy atom. The molecule has 0 saturated heterocycles. The van der Waals surface area contributed by atoms with E-state index < -0.39 is 0 Å². The summed E-state index contributed by atoms with van der Waals surface area (Å²) in [5.41, 5.74) is 8.32. The molecule has 3 aromatic carbocycles. The Labute approximate surface area is 280 Å². The summed E-state index contributed by atoms with van der Waals surface area (Å²) in [5.74, 6) is 3.07. The molecule has 0 aliphatic rings. The number of para-hydroxylation sites is 4. The van der Waals surface area contributed by atoms with Crippen LogP contribution in [0.1, 0.15) is 29.4 Å². The van der Waals surface area contributed by atoms with Gasteiger partial charge in [-0.1, -0.05) is 98.1 Å². The number of hydrogen-bond acceptors (Lipinski definition) is 4. The van der Waals surface area contributed by atoms with Crippen LogP contribution in [0.4, 0.5) is 23.0 Å². The highest BCUT2D eigenvalue weighted by atomic mass is 15.1. The molecule has 4 heterocycles. The van der Waals surface area contributed by atoms with Gasteiger partial charge < -0.3 is 10.6 Å². The lowest BCUT2D eigenvalue weighted by atomic mass is 10.1. The van der Waals surface area contributed by atoms with Crippen molar-refractivity contribution in [2.45, 2.75) is 13.8 Å². The summed E-state index contributed by atoms with van der Waals surface area (Å²) in [6.07, 6.45) is 11.9. The van der Waals surface area contributed by atoms with Crippen LogP contribution in [0.5, 0.6) is 0 Å². The first-order valence-electron chi connectivity index (χ1n) is 16.0. The lowest BCUT2D eigenvalue weighted by Gasteiger charge is -2.15. The van der Waals surface area contributed by atoms with Crippen molar-refractivity contribution in [3.63, 3.8) is 0 Å². The van der Waals surface area contributed by atoms with E-state index in [1.165, 1.54) is 10.9 Å². The predicted molar refractivity (Wildman–Crippen MR) is 204 cm³/mol. The van der Waals surface area contributed by atoms with Gasteiger partial charge in [-0.25, -0.2) is 9.97 Å². The number of allylic oxidation sites excluding steroid dienone is 3. The number of benzene rings is 3. The predicted octanol–water partition coefficient (Wildman–Crippen LogP) is 11.0.